The van der Waals surface area contributed by atoms with Crippen LogP contribution in [0.1, 0.15) is 40.5 Å². The van der Waals surface area contributed by atoms with E-state index in [1.807, 2.05) is 0 Å². The second-order valence-electron chi connectivity index (χ2n) is 6.16. The maximum atomic E-state index is 2.67. The summed E-state index contributed by atoms with van der Waals surface area (Å²) in [5.74, 6) is 0. The van der Waals surface area contributed by atoms with Crippen LogP contribution in [0.5, 0.6) is 0 Å². The maximum Gasteiger partial charge on any atom is 0.0313 e. The summed E-state index contributed by atoms with van der Waals surface area (Å²) in [5.41, 5.74) is 0.684. The van der Waals surface area contributed by atoms with E-state index in [1.165, 1.54) is 25.9 Å². The van der Waals surface area contributed by atoms with Crippen LogP contribution in [0.15, 0.2) is 0 Å². The molecule has 1 saturated heterocycles. The van der Waals surface area contributed by atoms with Gasteiger partial charge in [0.2, 0.25) is 0 Å². The summed E-state index contributed by atoms with van der Waals surface area (Å²) in [6.45, 7) is 11.8. The van der Waals surface area contributed by atoms with Crippen molar-refractivity contribution in [2.75, 3.05) is 27.2 Å². The van der Waals surface area contributed by atoms with Gasteiger partial charge in [-0.3, -0.25) is 4.90 Å². The molecule has 1 aliphatic heterocycles. The summed E-state index contributed by atoms with van der Waals surface area (Å²) >= 11 is 0. The maximum absolute atomic E-state index is 2.67. The molecule has 0 aromatic carbocycles. The molecule has 2 heteroatoms. The molecule has 1 unspecified atom stereocenters. The molecule has 0 amide bonds. The van der Waals surface area contributed by atoms with Crippen molar-refractivity contribution in [3.63, 3.8) is 0 Å². The van der Waals surface area contributed by atoms with E-state index in [1.54, 1.807) is 0 Å². The van der Waals surface area contributed by atoms with Gasteiger partial charge in [0.05, 0.1) is 0 Å². The third kappa shape index (κ3) is 2.48. The first-order chi connectivity index (χ1) is 6.26. The average Bonchev–Trinajstić information content (AvgIpc) is 2.27. The first-order valence-corrected chi connectivity index (χ1v) is 5.68. The van der Waals surface area contributed by atoms with Crippen LogP contribution in [-0.2, 0) is 0 Å². The summed E-state index contributed by atoms with van der Waals surface area (Å²) in [4.78, 5) is 4.98. The van der Waals surface area contributed by atoms with Gasteiger partial charge in [0.15, 0.2) is 0 Å². The van der Waals surface area contributed by atoms with Gasteiger partial charge in [0.25, 0.3) is 0 Å². The summed E-state index contributed by atoms with van der Waals surface area (Å²) < 4.78 is 0. The van der Waals surface area contributed by atoms with Crippen molar-refractivity contribution in [3.05, 3.63) is 0 Å². The lowest BCUT2D eigenvalue weighted by molar-refractivity contribution is 0.0377. The van der Waals surface area contributed by atoms with E-state index < -0.39 is 0 Å². The van der Waals surface area contributed by atoms with Crippen LogP contribution >= 0.6 is 0 Å². The first-order valence-electron chi connectivity index (χ1n) is 5.68. The van der Waals surface area contributed by atoms with Crippen LogP contribution in [0.3, 0.4) is 0 Å². The van der Waals surface area contributed by atoms with E-state index in [9.17, 15) is 0 Å². The standard InChI is InChI=1S/C12H26N2/c1-11(2,3)14-9-7-8-12(14,4)10-13(5)6/h7-10H2,1-6H3. The van der Waals surface area contributed by atoms with Gasteiger partial charge < -0.3 is 4.90 Å². The molecule has 84 valence electrons. The fourth-order valence-corrected chi connectivity index (χ4v) is 3.01. The van der Waals surface area contributed by atoms with Crippen LogP contribution in [0.25, 0.3) is 0 Å². The number of likely N-dealkylation sites (tertiary alicyclic amines) is 1. The minimum atomic E-state index is 0.307. The molecule has 0 saturated carbocycles. The van der Waals surface area contributed by atoms with E-state index in [0.29, 0.717) is 11.1 Å². The van der Waals surface area contributed by atoms with E-state index in [4.69, 9.17) is 0 Å². The first kappa shape index (κ1) is 12.0. The molecule has 1 fully saturated rings. The molecule has 0 radical (unpaired) electrons. The van der Waals surface area contributed by atoms with Gasteiger partial charge in [0, 0.05) is 17.6 Å². The van der Waals surface area contributed by atoms with Crippen molar-refractivity contribution < 1.29 is 0 Å². The number of likely N-dealkylation sites (N-methyl/N-ethyl adjacent to an activating group) is 1. The number of nitrogens with zero attached hydrogens (tertiary/aromatic N) is 2. The number of rotatable bonds is 2. The number of hydrogen-bond donors (Lipinski definition) is 0. The normalized spacial score (nSPS) is 30.2. The zero-order valence-corrected chi connectivity index (χ0v) is 10.7. The van der Waals surface area contributed by atoms with Crippen LogP contribution in [0.2, 0.25) is 0 Å². The summed E-state index contributed by atoms with van der Waals surface area (Å²) in [5, 5.41) is 0. The summed E-state index contributed by atoms with van der Waals surface area (Å²) in [7, 11) is 4.34. The molecule has 1 rings (SSSR count). The Hall–Kier alpha value is -0.0800. The van der Waals surface area contributed by atoms with Crippen LogP contribution in [0.4, 0.5) is 0 Å². The van der Waals surface area contributed by atoms with Crippen LogP contribution < -0.4 is 0 Å². The molecule has 0 aromatic rings. The lowest BCUT2D eigenvalue weighted by Crippen LogP contribution is -2.55. The lowest BCUT2D eigenvalue weighted by atomic mass is 9.93. The molecule has 1 heterocycles. The third-order valence-corrected chi connectivity index (χ3v) is 3.22. The molecule has 2 nitrogen and oxygen atoms in total. The quantitative estimate of drug-likeness (QED) is 0.671. The number of hydrogen-bond acceptors (Lipinski definition) is 2. The van der Waals surface area contributed by atoms with E-state index >= 15 is 0 Å². The monoisotopic (exact) mass is 198 g/mol. The molecule has 1 atom stereocenters. The second kappa shape index (κ2) is 3.82. The van der Waals surface area contributed by atoms with Crippen LogP contribution in [-0.4, -0.2) is 48.1 Å². The van der Waals surface area contributed by atoms with Crippen molar-refractivity contribution in [1.82, 2.24) is 9.80 Å². The third-order valence-electron chi connectivity index (χ3n) is 3.22. The molecular weight excluding hydrogens is 172 g/mol. The predicted molar refractivity (Wildman–Crippen MR) is 62.7 cm³/mol. The van der Waals surface area contributed by atoms with Gasteiger partial charge in [-0.15, -0.1) is 0 Å². The van der Waals surface area contributed by atoms with E-state index in [-0.39, 0.29) is 0 Å². The SMILES string of the molecule is CN(C)CC1(C)CCCN1C(C)(C)C. The highest BCUT2D eigenvalue weighted by Gasteiger charge is 2.42. The molecule has 0 aliphatic carbocycles. The predicted octanol–water partition coefficient (Wildman–Crippen LogP) is 2.20. The Labute approximate surface area is 89.3 Å². The molecule has 0 spiro atoms. The van der Waals surface area contributed by atoms with Gasteiger partial charge in [-0.2, -0.15) is 0 Å². The molecule has 0 aromatic heterocycles. The summed E-state index contributed by atoms with van der Waals surface area (Å²) in [6.07, 6.45) is 2.68. The Morgan fingerprint density at radius 2 is 1.86 bits per heavy atom. The van der Waals surface area contributed by atoms with Gasteiger partial charge >= 0.3 is 0 Å². The van der Waals surface area contributed by atoms with Crippen molar-refractivity contribution >= 4 is 0 Å². The van der Waals surface area contributed by atoms with E-state index in [0.717, 1.165) is 0 Å². The van der Waals surface area contributed by atoms with Crippen molar-refractivity contribution in [1.29, 1.82) is 0 Å². The van der Waals surface area contributed by atoms with Crippen molar-refractivity contribution in [3.8, 4) is 0 Å². The fraction of sp³-hybridized carbons (Fsp3) is 1.00. The largest absolute Gasteiger partial charge is 0.308 e. The topological polar surface area (TPSA) is 6.48 Å². The molecule has 1 aliphatic rings. The van der Waals surface area contributed by atoms with Gasteiger partial charge in [-0.1, -0.05) is 0 Å². The molecule has 0 N–H and O–H groups in total. The Morgan fingerprint density at radius 3 is 2.29 bits per heavy atom. The smallest absolute Gasteiger partial charge is 0.0313 e. The van der Waals surface area contributed by atoms with Crippen molar-refractivity contribution in [2.45, 2.75) is 51.6 Å². The second-order valence-corrected chi connectivity index (χ2v) is 6.16. The van der Waals surface area contributed by atoms with Crippen molar-refractivity contribution in [2.24, 2.45) is 0 Å². The molecular formula is C12H26N2. The minimum absolute atomic E-state index is 0.307. The summed E-state index contributed by atoms with van der Waals surface area (Å²) in [6, 6.07) is 0. The Balaban J connectivity index is 2.76. The fourth-order valence-electron chi connectivity index (χ4n) is 3.01. The Kier molecular flexibility index (Phi) is 3.27. The van der Waals surface area contributed by atoms with Crippen LogP contribution in [0, 0.1) is 0 Å². The van der Waals surface area contributed by atoms with E-state index in [2.05, 4.69) is 51.6 Å². The molecule has 0 bridgehead atoms. The van der Waals surface area contributed by atoms with Gasteiger partial charge in [0.1, 0.15) is 0 Å². The highest BCUT2D eigenvalue weighted by Crippen LogP contribution is 2.35. The Bertz CT molecular complexity index is 193. The lowest BCUT2D eigenvalue weighted by Gasteiger charge is -2.45. The minimum Gasteiger partial charge on any atom is -0.308 e. The highest BCUT2D eigenvalue weighted by atomic mass is 15.3. The highest BCUT2D eigenvalue weighted by molar-refractivity contribution is 4.98. The average molecular weight is 198 g/mol. The zero-order chi connectivity index (χ0) is 11.0. The van der Waals surface area contributed by atoms with Gasteiger partial charge in [-0.25, -0.2) is 0 Å². The Morgan fingerprint density at radius 1 is 1.29 bits per heavy atom. The zero-order valence-electron chi connectivity index (χ0n) is 10.7. The van der Waals surface area contributed by atoms with Gasteiger partial charge in [-0.05, 0) is 61.2 Å². The molecule has 14 heavy (non-hydrogen) atoms.